The molecule has 1 heterocycles. The number of sulfonamides is 1. The normalized spacial score (nSPS) is 24.1. The van der Waals surface area contributed by atoms with Gasteiger partial charge in [0, 0.05) is 6.04 Å². The summed E-state index contributed by atoms with van der Waals surface area (Å²) in [5, 5.41) is 0. The maximum absolute atomic E-state index is 12.6. The Kier molecular flexibility index (Phi) is 3.74. The van der Waals surface area contributed by atoms with Crippen molar-refractivity contribution in [2.24, 2.45) is 5.92 Å². The van der Waals surface area contributed by atoms with Crippen LogP contribution < -0.4 is 4.72 Å². The van der Waals surface area contributed by atoms with Crippen LogP contribution in [0.5, 0.6) is 0 Å². The number of hydrogen-bond donors (Lipinski definition) is 1. The minimum atomic E-state index is -3.54. The van der Waals surface area contributed by atoms with Crippen molar-refractivity contribution >= 4 is 32.8 Å². The summed E-state index contributed by atoms with van der Waals surface area (Å²) in [5.41, 5.74) is 1.10. The Balaban J connectivity index is 1.93. The molecule has 1 N–H and O–H groups in total. The number of benzene rings is 1. The molecule has 0 radical (unpaired) electrons. The third-order valence-corrected chi connectivity index (χ3v) is 6.02. The van der Waals surface area contributed by atoms with Crippen molar-refractivity contribution in [2.75, 3.05) is 0 Å². The Bertz CT molecular complexity index is 711. The number of nitrogens with zero attached hydrogens (tertiary/aromatic N) is 2. The van der Waals surface area contributed by atoms with E-state index in [4.69, 9.17) is 0 Å². The molecule has 1 fully saturated rings. The molecule has 0 aliphatic heterocycles. The van der Waals surface area contributed by atoms with E-state index in [-0.39, 0.29) is 10.9 Å². The van der Waals surface area contributed by atoms with E-state index in [9.17, 15) is 8.42 Å². The summed E-state index contributed by atoms with van der Waals surface area (Å²) in [4.78, 5) is 0.238. The third kappa shape index (κ3) is 2.57. The van der Waals surface area contributed by atoms with Crippen LogP contribution >= 0.6 is 11.7 Å². The number of rotatable bonds is 3. The number of fused-ring (bicyclic) bond motifs is 1. The van der Waals surface area contributed by atoms with Gasteiger partial charge in [-0.1, -0.05) is 25.8 Å². The second-order valence-electron chi connectivity index (χ2n) is 5.38. The molecule has 0 amide bonds. The van der Waals surface area contributed by atoms with E-state index in [0.29, 0.717) is 17.0 Å². The summed E-state index contributed by atoms with van der Waals surface area (Å²) in [6.07, 6.45) is 4.26. The van der Waals surface area contributed by atoms with E-state index < -0.39 is 10.0 Å². The molecular formula is C13H17N3O2S2. The first-order chi connectivity index (χ1) is 9.58. The lowest BCUT2D eigenvalue weighted by atomic mass is 9.87. The molecule has 1 saturated carbocycles. The zero-order chi connectivity index (χ0) is 14.2. The zero-order valence-electron chi connectivity index (χ0n) is 11.2. The quantitative estimate of drug-likeness (QED) is 0.945. The van der Waals surface area contributed by atoms with Gasteiger partial charge in [-0.05, 0) is 30.9 Å². The third-order valence-electron chi connectivity index (χ3n) is 3.96. The second-order valence-corrected chi connectivity index (χ2v) is 7.59. The van der Waals surface area contributed by atoms with Gasteiger partial charge in [-0.3, -0.25) is 0 Å². The first-order valence-corrected chi connectivity index (χ1v) is 9.03. The first-order valence-electron chi connectivity index (χ1n) is 6.81. The summed E-state index contributed by atoms with van der Waals surface area (Å²) in [6, 6.07) is 5.11. The van der Waals surface area contributed by atoms with Crippen molar-refractivity contribution < 1.29 is 8.42 Å². The standard InChI is InChI=1S/C13H17N3O2S2/c1-9-5-2-3-6-10(9)16-20(17,18)12-8-4-7-11-13(12)15-19-14-11/h4,7-10,16H,2-3,5-6H2,1H3/t9-,10-/m0/s1. The lowest BCUT2D eigenvalue weighted by Gasteiger charge is -2.29. The van der Waals surface area contributed by atoms with Crippen LogP contribution in [0.4, 0.5) is 0 Å². The molecule has 0 spiro atoms. The van der Waals surface area contributed by atoms with Crippen LogP contribution in [0.15, 0.2) is 23.1 Å². The van der Waals surface area contributed by atoms with E-state index in [0.717, 1.165) is 31.0 Å². The molecule has 20 heavy (non-hydrogen) atoms. The molecule has 7 heteroatoms. The highest BCUT2D eigenvalue weighted by Crippen LogP contribution is 2.27. The van der Waals surface area contributed by atoms with Gasteiger partial charge in [0.1, 0.15) is 15.9 Å². The average molecular weight is 311 g/mol. The van der Waals surface area contributed by atoms with Crippen molar-refractivity contribution in [3.8, 4) is 0 Å². The number of nitrogens with one attached hydrogen (secondary N) is 1. The van der Waals surface area contributed by atoms with Crippen LogP contribution in [0.1, 0.15) is 32.6 Å². The number of aromatic nitrogens is 2. The van der Waals surface area contributed by atoms with Gasteiger partial charge in [-0.25, -0.2) is 13.1 Å². The van der Waals surface area contributed by atoms with E-state index in [2.05, 4.69) is 20.4 Å². The minimum Gasteiger partial charge on any atom is -0.208 e. The van der Waals surface area contributed by atoms with Gasteiger partial charge in [0.25, 0.3) is 0 Å². The highest BCUT2D eigenvalue weighted by atomic mass is 32.2. The highest BCUT2D eigenvalue weighted by molar-refractivity contribution is 7.89. The van der Waals surface area contributed by atoms with Gasteiger partial charge in [0.05, 0.1) is 11.7 Å². The molecule has 1 aromatic heterocycles. The van der Waals surface area contributed by atoms with Gasteiger partial charge >= 0.3 is 0 Å². The molecule has 3 rings (SSSR count). The molecule has 108 valence electrons. The smallest absolute Gasteiger partial charge is 0.208 e. The molecule has 5 nitrogen and oxygen atoms in total. The molecule has 0 saturated heterocycles. The molecule has 2 aromatic rings. The summed E-state index contributed by atoms with van der Waals surface area (Å²) in [7, 11) is -3.54. The Morgan fingerprint density at radius 1 is 1.25 bits per heavy atom. The van der Waals surface area contributed by atoms with Gasteiger partial charge < -0.3 is 0 Å². The Morgan fingerprint density at radius 2 is 2.05 bits per heavy atom. The minimum absolute atomic E-state index is 0.0237. The topological polar surface area (TPSA) is 72.0 Å². The fraction of sp³-hybridized carbons (Fsp3) is 0.538. The van der Waals surface area contributed by atoms with Crippen molar-refractivity contribution in [3.63, 3.8) is 0 Å². The van der Waals surface area contributed by atoms with E-state index in [1.807, 2.05) is 0 Å². The van der Waals surface area contributed by atoms with Gasteiger partial charge in [0.15, 0.2) is 0 Å². The van der Waals surface area contributed by atoms with Crippen LogP contribution in [-0.2, 0) is 10.0 Å². The van der Waals surface area contributed by atoms with Crippen LogP contribution in [-0.4, -0.2) is 23.2 Å². The Hall–Kier alpha value is -1.05. The fourth-order valence-corrected chi connectivity index (χ4v) is 4.90. The lowest BCUT2D eigenvalue weighted by Crippen LogP contribution is -2.41. The van der Waals surface area contributed by atoms with Crippen molar-refractivity contribution in [1.82, 2.24) is 13.5 Å². The molecule has 0 unspecified atom stereocenters. The number of hydrogen-bond acceptors (Lipinski definition) is 5. The molecule has 0 bridgehead atoms. The summed E-state index contributed by atoms with van der Waals surface area (Å²) in [6.45, 7) is 2.11. The Labute approximate surface area is 122 Å². The second kappa shape index (κ2) is 5.38. The monoisotopic (exact) mass is 311 g/mol. The van der Waals surface area contributed by atoms with Crippen molar-refractivity contribution in [1.29, 1.82) is 0 Å². The molecule has 1 aliphatic carbocycles. The SMILES string of the molecule is C[C@H]1CCCC[C@@H]1NS(=O)(=O)c1cccc2nsnc12. The fourth-order valence-electron chi connectivity index (χ4n) is 2.75. The van der Waals surface area contributed by atoms with Crippen LogP contribution in [0.3, 0.4) is 0 Å². The molecule has 1 aliphatic rings. The maximum Gasteiger partial charge on any atom is 0.243 e. The van der Waals surface area contributed by atoms with Gasteiger partial charge in [0.2, 0.25) is 10.0 Å². The van der Waals surface area contributed by atoms with Crippen LogP contribution in [0.25, 0.3) is 11.0 Å². The molecular weight excluding hydrogens is 294 g/mol. The predicted octanol–water partition coefficient (Wildman–Crippen LogP) is 2.55. The van der Waals surface area contributed by atoms with Crippen LogP contribution in [0, 0.1) is 5.92 Å². The van der Waals surface area contributed by atoms with Crippen molar-refractivity contribution in [3.05, 3.63) is 18.2 Å². The summed E-state index contributed by atoms with van der Waals surface area (Å²) in [5.74, 6) is 0.381. The molecule has 1 aromatic carbocycles. The largest absolute Gasteiger partial charge is 0.243 e. The summed E-state index contributed by atoms with van der Waals surface area (Å²) >= 11 is 1.04. The van der Waals surface area contributed by atoms with E-state index in [1.54, 1.807) is 18.2 Å². The molecule has 2 atom stereocenters. The van der Waals surface area contributed by atoms with E-state index >= 15 is 0 Å². The Morgan fingerprint density at radius 3 is 2.85 bits per heavy atom. The van der Waals surface area contributed by atoms with Crippen LogP contribution in [0.2, 0.25) is 0 Å². The predicted molar refractivity (Wildman–Crippen MR) is 79.2 cm³/mol. The zero-order valence-corrected chi connectivity index (χ0v) is 12.9. The van der Waals surface area contributed by atoms with E-state index in [1.165, 1.54) is 6.42 Å². The van der Waals surface area contributed by atoms with Gasteiger partial charge in [-0.15, -0.1) is 0 Å². The summed E-state index contributed by atoms with van der Waals surface area (Å²) < 4.78 is 36.2. The first kappa shape index (κ1) is 13.9. The van der Waals surface area contributed by atoms with Crippen molar-refractivity contribution in [2.45, 2.75) is 43.5 Å². The highest BCUT2D eigenvalue weighted by Gasteiger charge is 2.28. The average Bonchev–Trinajstić information content (AvgIpc) is 2.89. The van der Waals surface area contributed by atoms with Gasteiger partial charge in [-0.2, -0.15) is 8.75 Å². The lowest BCUT2D eigenvalue weighted by molar-refractivity contribution is 0.310. The maximum atomic E-state index is 12.6.